The molecule has 1 unspecified atom stereocenters. The minimum atomic E-state index is -1.23. The first kappa shape index (κ1) is 9.96. The minimum absolute atomic E-state index is 0.0689. The van der Waals surface area contributed by atoms with Crippen LogP contribution in [0.2, 0.25) is 0 Å². The average molecular weight is 258 g/mol. The molecule has 0 spiro atoms. The van der Waals surface area contributed by atoms with Crippen LogP contribution in [0, 0.1) is 5.92 Å². The van der Waals surface area contributed by atoms with E-state index in [0.717, 1.165) is 0 Å². The predicted octanol–water partition coefficient (Wildman–Crippen LogP) is 0.392. The molecule has 1 atom stereocenters. The molecule has 0 saturated carbocycles. The zero-order valence-corrected chi connectivity index (χ0v) is 8.05. The summed E-state index contributed by atoms with van der Waals surface area (Å²) in [4.78, 5) is 10.3. The van der Waals surface area contributed by atoms with Crippen LogP contribution < -0.4 is 11.1 Å². The first-order valence-corrected chi connectivity index (χ1v) is 3.93. The number of alkyl halides is 1. The Balaban J connectivity index is 3.99. The smallest absolute Gasteiger partial charge is 0.315 e. The average Bonchev–Trinajstić information content (AvgIpc) is 1.60. The summed E-state index contributed by atoms with van der Waals surface area (Å²) in [6, 6.07) is -0.717. The van der Waals surface area contributed by atoms with Crippen LogP contribution in [-0.4, -0.2) is 14.9 Å². The highest BCUT2D eigenvalue weighted by atomic mass is 127. The molecule has 0 aliphatic rings. The van der Waals surface area contributed by atoms with Crippen LogP contribution in [0.5, 0.6) is 0 Å². The molecule has 0 fully saturated rings. The van der Waals surface area contributed by atoms with E-state index in [0.29, 0.717) is 0 Å². The molecule has 0 aliphatic carbocycles. The number of aliphatic hydroxyl groups is 1. The Morgan fingerprint density at radius 1 is 1.80 bits per heavy atom. The molecule has 10 heavy (non-hydrogen) atoms. The van der Waals surface area contributed by atoms with Gasteiger partial charge in [-0.25, -0.2) is 4.79 Å². The zero-order valence-electron chi connectivity index (χ0n) is 5.89. The Kier molecular flexibility index (Phi) is 3.37. The number of amides is 2. The summed E-state index contributed by atoms with van der Waals surface area (Å²) in [6.07, 6.45) is 0. The number of carbonyl (C=O) groups excluding carboxylic acids is 1. The summed E-state index contributed by atoms with van der Waals surface area (Å²) in [6.45, 7) is 3.56. The molecule has 0 aromatic heterocycles. The first-order chi connectivity index (χ1) is 4.36. The van der Waals surface area contributed by atoms with Crippen LogP contribution in [-0.2, 0) is 0 Å². The Hall–Kier alpha value is -0.0400. The monoisotopic (exact) mass is 258 g/mol. The lowest BCUT2D eigenvalue weighted by molar-refractivity contribution is 0.0827. The summed E-state index contributed by atoms with van der Waals surface area (Å²) in [5, 5.41) is 11.5. The molecule has 60 valence electrons. The summed E-state index contributed by atoms with van der Waals surface area (Å²) in [5.74, 6) is -0.0689. The van der Waals surface area contributed by atoms with Gasteiger partial charge in [-0.05, 0) is 22.6 Å². The third-order valence-electron chi connectivity index (χ3n) is 1.06. The number of hydrogen-bond donors (Lipinski definition) is 3. The standard InChI is InChI=1S/C5H11IN2O2/c1-3(2)5(6,10)8-4(7)9/h3,10H,1-2H3,(H3,7,8,9). The molecule has 0 saturated heterocycles. The molecule has 0 bridgehead atoms. The number of carbonyl (C=O) groups is 1. The second-order valence-electron chi connectivity index (χ2n) is 2.32. The first-order valence-electron chi connectivity index (χ1n) is 2.85. The fourth-order valence-corrected chi connectivity index (χ4v) is 0.583. The van der Waals surface area contributed by atoms with Crippen LogP contribution in [0.4, 0.5) is 4.79 Å². The maximum atomic E-state index is 10.3. The number of halogens is 1. The van der Waals surface area contributed by atoms with E-state index in [1.54, 1.807) is 36.4 Å². The van der Waals surface area contributed by atoms with Gasteiger partial charge in [0.25, 0.3) is 0 Å². The van der Waals surface area contributed by atoms with Crippen molar-refractivity contribution in [1.82, 2.24) is 5.32 Å². The minimum Gasteiger partial charge on any atom is -0.362 e. The Bertz CT molecular complexity index is 136. The number of nitrogens with one attached hydrogen (secondary N) is 1. The van der Waals surface area contributed by atoms with Crippen molar-refractivity contribution in [3.63, 3.8) is 0 Å². The highest BCUT2D eigenvalue weighted by molar-refractivity contribution is 14.1. The molecule has 0 rings (SSSR count). The molecule has 5 heteroatoms. The molecule has 0 heterocycles. The Labute approximate surface area is 73.3 Å². The molecule has 0 radical (unpaired) electrons. The highest BCUT2D eigenvalue weighted by Crippen LogP contribution is 2.20. The Morgan fingerprint density at radius 2 is 2.20 bits per heavy atom. The lowest BCUT2D eigenvalue weighted by atomic mass is 10.2. The van der Waals surface area contributed by atoms with Crippen molar-refractivity contribution in [2.75, 3.05) is 0 Å². The van der Waals surface area contributed by atoms with Gasteiger partial charge in [0.05, 0.1) is 0 Å². The van der Waals surface area contributed by atoms with Crippen molar-refractivity contribution in [3.05, 3.63) is 0 Å². The fraction of sp³-hybridized carbons (Fsp3) is 0.800. The van der Waals surface area contributed by atoms with Gasteiger partial charge < -0.3 is 16.2 Å². The second kappa shape index (κ2) is 3.38. The van der Waals surface area contributed by atoms with Crippen LogP contribution in [0.1, 0.15) is 13.8 Å². The van der Waals surface area contributed by atoms with Gasteiger partial charge in [-0.3, -0.25) is 0 Å². The van der Waals surface area contributed by atoms with Crippen LogP contribution in [0.15, 0.2) is 0 Å². The topological polar surface area (TPSA) is 75.3 Å². The molecule has 0 aliphatic heterocycles. The molecular formula is C5H11IN2O2. The number of urea groups is 1. The molecule has 4 nitrogen and oxygen atoms in total. The van der Waals surface area contributed by atoms with E-state index in [1.807, 2.05) is 0 Å². The van der Waals surface area contributed by atoms with Crippen molar-refractivity contribution in [3.8, 4) is 0 Å². The SMILES string of the molecule is CC(C)C(O)(I)NC(N)=O. The van der Waals surface area contributed by atoms with E-state index in [2.05, 4.69) is 5.32 Å². The second-order valence-corrected chi connectivity index (χ2v) is 3.96. The summed E-state index contributed by atoms with van der Waals surface area (Å²) < 4.78 is -1.23. The largest absolute Gasteiger partial charge is 0.362 e. The van der Waals surface area contributed by atoms with Gasteiger partial charge in [-0.2, -0.15) is 0 Å². The molecule has 2 amide bonds. The number of primary amides is 1. The van der Waals surface area contributed by atoms with Crippen LogP contribution in [0.25, 0.3) is 0 Å². The van der Waals surface area contributed by atoms with Gasteiger partial charge >= 0.3 is 6.03 Å². The highest BCUT2D eigenvalue weighted by Gasteiger charge is 2.27. The summed E-state index contributed by atoms with van der Waals surface area (Å²) in [5.41, 5.74) is 4.80. The van der Waals surface area contributed by atoms with E-state index in [4.69, 9.17) is 5.73 Å². The lowest BCUT2D eigenvalue weighted by Gasteiger charge is -2.25. The van der Waals surface area contributed by atoms with Crippen molar-refractivity contribution >= 4 is 28.6 Å². The third kappa shape index (κ3) is 3.21. The molecule has 0 aromatic rings. The lowest BCUT2D eigenvalue weighted by Crippen LogP contribution is -2.49. The van der Waals surface area contributed by atoms with Crippen molar-refractivity contribution in [1.29, 1.82) is 0 Å². The number of hydrogen-bond acceptors (Lipinski definition) is 2. The van der Waals surface area contributed by atoms with E-state index in [9.17, 15) is 9.90 Å². The van der Waals surface area contributed by atoms with Gasteiger partial charge in [-0.1, -0.05) is 13.8 Å². The molecule has 4 N–H and O–H groups in total. The number of rotatable bonds is 2. The quantitative estimate of drug-likeness (QED) is 0.290. The van der Waals surface area contributed by atoms with E-state index < -0.39 is 9.76 Å². The van der Waals surface area contributed by atoms with Crippen molar-refractivity contribution in [2.45, 2.75) is 17.6 Å². The molecule has 0 aromatic carbocycles. The number of nitrogens with two attached hydrogens (primary N) is 1. The van der Waals surface area contributed by atoms with Gasteiger partial charge in [0.2, 0.25) is 0 Å². The van der Waals surface area contributed by atoms with Crippen molar-refractivity contribution in [2.24, 2.45) is 11.7 Å². The molecular weight excluding hydrogens is 247 g/mol. The normalized spacial score (nSPS) is 16.5. The van der Waals surface area contributed by atoms with Gasteiger partial charge in [0.1, 0.15) is 0 Å². The van der Waals surface area contributed by atoms with E-state index in [-0.39, 0.29) is 5.92 Å². The van der Waals surface area contributed by atoms with Gasteiger partial charge in [0, 0.05) is 5.92 Å². The van der Waals surface area contributed by atoms with Crippen LogP contribution >= 0.6 is 22.6 Å². The predicted molar refractivity (Wildman–Crippen MR) is 46.5 cm³/mol. The maximum Gasteiger partial charge on any atom is 0.315 e. The summed E-state index contributed by atoms with van der Waals surface area (Å²) in [7, 11) is 0. The zero-order chi connectivity index (χ0) is 8.36. The van der Waals surface area contributed by atoms with Gasteiger partial charge in [-0.15, -0.1) is 0 Å². The Morgan fingerprint density at radius 3 is 2.30 bits per heavy atom. The maximum absolute atomic E-state index is 10.3. The third-order valence-corrected chi connectivity index (χ3v) is 2.58. The van der Waals surface area contributed by atoms with Crippen molar-refractivity contribution < 1.29 is 9.90 Å². The van der Waals surface area contributed by atoms with Gasteiger partial charge in [0.15, 0.2) is 3.73 Å². The van der Waals surface area contributed by atoms with E-state index >= 15 is 0 Å². The van der Waals surface area contributed by atoms with E-state index in [1.165, 1.54) is 0 Å². The fourth-order valence-electron chi connectivity index (χ4n) is 0.317. The summed E-state index contributed by atoms with van der Waals surface area (Å²) >= 11 is 1.72. The van der Waals surface area contributed by atoms with Crippen LogP contribution in [0.3, 0.4) is 0 Å².